The number of thioether (sulfide) groups is 1. The first-order valence-electron chi connectivity index (χ1n) is 6.01. The molecule has 0 fully saturated rings. The van der Waals surface area contributed by atoms with Gasteiger partial charge < -0.3 is 4.74 Å². The molecule has 0 aliphatic rings. The van der Waals surface area contributed by atoms with Gasteiger partial charge in [0.05, 0.1) is 0 Å². The standard InChI is InChI=1S/C15H13F3OS/c1-11(19-13-5-3-2-4-6-13)12-7-9-14(10-8-12)20-15(16,17)18/h2-11H,1H3. The van der Waals surface area contributed by atoms with Crippen molar-refractivity contribution in [1.29, 1.82) is 0 Å². The summed E-state index contributed by atoms with van der Waals surface area (Å²) in [6.45, 7) is 1.86. The summed E-state index contributed by atoms with van der Waals surface area (Å²) in [5.74, 6) is 0.730. The minimum Gasteiger partial charge on any atom is -0.486 e. The molecule has 2 aromatic rings. The second-order valence-electron chi connectivity index (χ2n) is 4.19. The van der Waals surface area contributed by atoms with Crippen LogP contribution in [-0.2, 0) is 0 Å². The van der Waals surface area contributed by atoms with Gasteiger partial charge in [-0.2, -0.15) is 13.2 Å². The van der Waals surface area contributed by atoms with Crippen LogP contribution in [0.15, 0.2) is 59.5 Å². The Balaban J connectivity index is 2.02. The number of halogens is 3. The molecular weight excluding hydrogens is 285 g/mol. The van der Waals surface area contributed by atoms with Crippen LogP contribution < -0.4 is 4.74 Å². The summed E-state index contributed by atoms with van der Waals surface area (Å²) in [6, 6.07) is 15.5. The fraction of sp³-hybridized carbons (Fsp3) is 0.200. The second kappa shape index (κ2) is 6.22. The molecule has 0 bridgehead atoms. The van der Waals surface area contributed by atoms with Crippen LogP contribution in [0, 0.1) is 0 Å². The van der Waals surface area contributed by atoms with Gasteiger partial charge in [0.1, 0.15) is 11.9 Å². The largest absolute Gasteiger partial charge is 0.486 e. The van der Waals surface area contributed by atoms with Crippen LogP contribution in [0.4, 0.5) is 13.2 Å². The molecule has 0 aliphatic carbocycles. The smallest absolute Gasteiger partial charge is 0.446 e. The molecule has 0 radical (unpaired) electrons. The molecule has 0 spiro atoms. The zero-order valence-corrected chi connectivity index (χ0v) is 11.5. The topological polar surface area (TPSA) is 9.23 Å². The molecule has 0 aliphatic heterocycles. The van der Waals surface area contributed by atoms with Crippen LogP contribution in [0.3, 0.4) is 0 Å². The molecular formula is C15H13F3OS. The number of hydrogen-bond donors (Lipinski definition) is 0. The number of para-hydroxylation sites is 1. The Morgan fingerprint density at radius 2 is 1.55 bits per heavy atom. The third-order valence-corrected chi connectivity index (χ3v) is 3.38. The monoisotopic (exact) mass is 298 g/mol. The average Bonchev–Trinajstić information content (AvgIpc) is 2.39. The van der Waals surface area contributed by atoms with Crippen molar-refractivity contribution in [3.05, 3.63) is 60.2 Å². The van der Waals surface area contributed by atoms with E-state index in [1.807, 2.05) is 37.3 Å². The molecule has 1 nitrogen and oxygen atoms in total. The van der Waals surface area contributed by atoms with Crippen LogP contribution in [0.2, 0.25) is 0 Å². The molecule has 2 rings (SSSR count). The molecule has 0 saturated heterocycles. The van der Waals surface area contributed by atoms with Crippen molar-refractivity contribution >= 4 is 11.8 Å². The van der Waals surface area contributed by atoms with Gasteiger partial charge in [-0.05, 0) is 48.5 Å². The maximum atomic E-state index is 12.2. The van der Waals surface area contributed by atoms with Crippen LogP contribution in [-0.4, -0.2) is 5.51 Å². The molecule has 0 aromatic heterocycles. The molecule has 106 valence electrons. The van der Waals surface area contributed by atoms with Crippen molar-refractivity contribution in [1.82, 2.24) is 0 Å². The SMILES string of the molecule is CC(Oc1ccccc1)c1ccc(SC(F)(F)F)cc1. The zero-order chi connectivity index (χ0) is 14.6. The van der Waals surface area contributed by atoms with E-state index in [0.29, 0.717) is 0 Å². The fourth-order valence-electron chi connectivity index (χ4n) is 1.71. The quantitative estimate of drug-likeness (QED) is 0.695. The lowest BCUT2D eigenvalue weighted by Crippen LogP contribution is -2.03. The molecule has 20 heavy (non-hydrogen) atoms. The van der Waals surface area contributed by atoms with E-state index in [1.165, 1.54) is 12.1 Å². The summed E-state index contributed by atoms with van der Waals surface area (Å²) in [7, 11) is 0. The van der Waals surface area contributed by atoms with Crippen LogP contribution >= 0.6 is 11.8 Å². The van der Waals surface area contributed by atoms with Gasteiger partial charge in [0.2, 0.25) is 0 Å². The summed E-state index contributed by atoms with van der Waals surface area (Å²) >= 11 is -0.116. The first kappa shape index (κ1) is 14.8. The highest BCUT2D eigenvalue weighted by Gasteiger charge is 2.29. The lowest BCUT2D eigenvalue weighted by molar-refractivity contribution is -0.0328. The first-order valence-corrected chi connectivity index (χ1v) is 6.83. The highest BCUT2D eigenvalue weighted by molar-refractivity contribution is 8.00. The van der Waals surface area contributed by atoms with Gasteiger partial charge in [-0.3, -0.25) is 0 Å². The van der Waals surface area contributed by atoms with E-state index >= 15 is 0 Å². The van der Waals surface area contributed by atoms with Gasteiger partial charge in [0.15, 0.2) is 0 Å². The Morgan fingerprint density at radius 3 is 2.10 bits per heavy atom. The lowest BCUT2D eigenvalue weighted by Gasteiger charge is -2.15. The molecule has 1 unspecified atom stereocenters. The number of rotatable bonds is 4. The predicted molar refractivity (Wildman–Crippen MR) is 73.8 cm³/mol. The van der Waals surface area contributed by atoms with E-state index in [2.05, 4.69) is 0 Å². The number of ether oxygens (including phenoxy) is 1. The maximum absolute atomic E-state index is 12.2. The van der Waals surface area contributed by atoms with Gasteiger partial charge >= 0.3 is 5.51 Å². The van der Waals surface area contributed by atoms with E-state index in [9.17, 15) is 13.2 Å². The van der Waals surface area contributed by atoms with Crippen molar-refractivity contribution in [2.24, 2.45) is 0 Å². The Bertz CT molecular complexity index is 537. The highest BCUT2D eigenvalue weighted by Crippen LogP contribution is 2.37. The normalized spacial score (nSPS) is 13.0. The van der Waals surface area contributed by atoms with Gasteiger partial charge in [-0.25, -0.2) is 0 Å². The summed E-state index contributed by atoms with van der Waals surface area (Å²) in [6.07, 6.45) is -0.220. The Morgan fingerprint density at radius 1 is 0.950 bits per heavy atom. The number of hydrogen-bond acceptors (Lipinski definition) is 2. The minimum atomic E-state index is -4.26. The summed E-state index contributed by atoms with van der Waals surface area (Å²) in [5, 5.41) is 0. The lowest BCUT2D eigenvalue weighted by atomic mass is 10.1. The second-order valence-corrected chi connectivity index (χ2v) is 5.33. The Hall–Kier alpha value is -1.62. The third-order valence-electron chi connectivity index (χ3n) is 2.64. The Labute approximate surface area is 119 Å². The molecule has 0 saturated carbocycles. The van der Waals surface area contributed by atoms with E-state index in [4.69, 9.17) is 4.74 Å². The molecule has 0 amide bonds. The van der Waals surface area contributed by atoms with Crippen molar-refractivity contribution in [2.75, 3.05) is 0 Å². The van der Waals surface area contributed by atoms with Gasteiger partial charge in [-0.15, -0.1) is 0 Å². The van der Waals surface area contributed by atoms with Crippen molar-refractivity contribution in [3.63, 3.8) is 0 Å². The van der Waals surface area contributed by atoms with Crippen molar-refractivity contribution < 1.29 is 17.9 Å². The zero-order valence-electron chi connectivity index (χ0n) is 10.7. The van der Waals surface area contributed by atoms with Crippen LogP contribution in [0.5, 0.6) is 5.75 Å². The number of benzene rings is 2. The molecule has 2 aromatic carbocycles. The summed E-state index contributed by atoms with van der Waals surface area (Å²) in [5.41, 5.74) is -3.42. The molecule has 1 atom stereocenters. The highest BCUT2D eigenvalue weighted by atomic mass is 32.2. The molecule has 0 heterocycles. The predicted octanol–water partition coefficient (Wildman–Crippen LogP) is 5.44. The van der Waals surface area contributed by atoms with Gasteiger partial charge in [0, 0.05) is 4.90 Å². The van der Waals surface area contributed by atoms with E-state index < -0.39 is 5.51 Å². The number of alkyl halides is 3. The molecule has 0 N–H and O–H groups in total. The Kier molecular flexibility index (Phi) is 4.60. The first-order chi connectivity index (χ1) is 9.44. The van der Waals surface area contributed by atoms with E-state index in [1.54, 1.807) is 12.1 Å². The fourth-order valence-corrected chi connectivity index (χ4v) is 2.25. The minimum absolute atomic E-state index is 0.116. The average molecular weight is 298 g/mol. The van der Waals surface area contributed by atoms with E-state index in [0.717, 1.165) is 11.3 Å². The summed E-state index contributed by atoms with van der Waals surface area (Å²) in [4.78, 5) is 0.174. The van der Waals surface area contributed by atoms with Crippen LogP contribution in [0.25, 0.3) is 0 Å². The van der Waals surface area contributed by atoms with E-state index in [-0.39, 0.29) is 22.8 Å². The maximum Gasteiger partial charge on any atom is 0.446 e. The van der Waals surface area contributed by atoms with Crippen molar-refractivity contribution in [2.45, 2.75) is 23.4 Å². The van der Waals surface area contributed by atoms with Crippen LogP contribution in [0.1, 0.15) is 18.6 Å². The summed E-state index contributed by atoms with van der Waals surface area (Å²) < 4.78 is 42.4. The van der Waals surface area contributed by atoms with Crippen molar-refractivity contribution in [3.8, 4) is 5.75 Å². The van der Waals surface area contributed by atoms with Gasteiger partial charge in [-0.1, -0.05) is 30.3 Å². The third kappa shape index (κ3) is 4.49. The molecule has 5 heteroatoms. The van der Waals surface area contributed by atoms with Gasteiger partial charge in [0.25, 0.3) is 0 Å².